The standard InChI is InChI=1S/C13H17BrN2O3/c1-2-11(7-12(17)18)16-13(19)15-8-9-3-5-10(14)6-4-9/h3-6,11H,2,7-8H2,1H3,(H,17,18)(H2,15,16,19). The summed E-state index contributed by atoms with van der Waals surface area (Å²) in [5.74, 6) is -0.917. The van der Waals surface area contributed by atoms with Crippen molar-refractivity contribution in [3.05, 3.63) is 34.3 Å². The molecule has 0 aromatic heterocycles. The van der Waals surface area contributed by atoms with E-state index < -0.39 is 5.97 Å². The van der Waals surface area contributed by atoms with Crippen LogP contribution in [0.15, 0.2) is 28.7 Å². The van der Waals surface area contributed by atoms with Gasteiger partial charge in [0.1, 0.15) is 0 Å². The summed E-state index contributed by atoms with van der Waals surface area (Å²) >= 11 is 3.34. The molecule has 0 saturated carbocycles. The smallest absolute Gasteiger partial charge is 0.315 e. The Morgan fingerprint density at radius 2 is 1.95 bits per heavy atom. The highest BCUT2D eigenvalue weighted by atomic mass is 79.9. The van der Waals surface area contributed by atoms with Gasteiger partial charge in [-0.3, -0.25) is 4.79 Å². The summed E-state index contributed by atoms with van der Waals surface area (Å²) in [6.45, 7) is 2.24. The highest BCUT2D eigenvalue weighted by molar-refractivity contribution is 9.10. The zero-order valence-electron chi connectivity index (χ0n) is 10.6. The Balaban J connectivity index is 2.38. The molecule has 0 aliphatic heterocycles. The number of aliphatic carboxylic acids is 1. The lowest BCUT2D eigenvalue weighted by molar-refractivity contribution is -0.137. The zero-order chi connectivity index (χ0) is 14.3. The van der Waals surface area contributed by atoms with Crippen molar-refractivity contribution >= 4 is 27.9 Å². The van der Waals surface area contributed by atoms with Crippen LogP contribution >= 0.6 is 15.9 Å². The predicted octanol–water partition coefficient (Wildman–Crippen LogP) is 2.50. The number of hydrogen-bond donors (Lipinski definition) is 3. The molecule has 1 unspecified atom stereocenters. The van der Waals surface area contributed by atoms with E-state index in [1.54, 1.807) is 0 Å². The molecule has 0 radical (unpaired) electrons. The maximum absolute atomic E-state index is 11.6. The molecule has 5 nitrogen and oxygen atoms in total. The molecule has 3 N–H and O–H groups in total. The minimum absolute atomic E-state index is 0.0673. The molecule has 0 aliphatic carbocycles. The molecular formula is C13H17BrN2O3. The maximum atomic E-state index is 11.6. The number of halogens is 1. The molecule has 1 aromatic carbocycles. The van der Waals surface area contributed by atoms with E-state index >= 15 is 0 Å². The lowest BCUT2D eigenvalue weighted by Crippen LogP contribution is -2.42. The molecule has 1 aromatic rings. The first-order valence-corrected chi connectivity index (χ1v) is 6.81. The van der Waals surface area contributed by atoms with Crippen molar-refractivity contribution in [1.29, 1.82) is 0 Å². The molecule has 0 saturated heterocycles. The predicted molar refractivity (Wildman–Crippen MR) is 75.8 cm³/mol. The van der Waals surface area contributed by atoms with Crippen LogP contribution in [0.1, 0.15) is 25.3 Å². The molecule has 104 valence electrons. The quantitative estimate of drug-likeness (QED) is 0.750. The molecular weight excluding hydrogens is 312 g/mol. The topological polar surface area (TPSA) is 78.4 Å². The van der Waals surface area contributed by atoms with Crippen molar-refractivity contribution in [3.8, 4) is 0 Å². The van der Waals surface area contributed by atoms with Crippen LogP contribution in [0.25, 0.3) is 0 Å². The number of carboxylic acid groups (broad SMARTS) is 1. The van der Waals surface area contributed by atoms with Crippen LogP contribution in [-0.2, 0) is 11.3 Å². The van der Waals surface area contributed by atoms with Gasteiger partial charge in [-0.25, -0.2) is 4.79 Å². The Morgan fingerprint density at radius 3 is 2.47 bits per heavy atom. The maximum Gasteiger partial charge on any atom is 0.315 e. The number of carboxylic acids is 1. The van der Waals surface area contributed by atoms with E-state index in [2.05, 4.69) is 26.6 Å². The number of rotatable bonds is 6. The Labute approximate surface area is 120 Å². The molecule has 0 heterocycles. The van der Waals surface area contributed by atoms with Gasteiger partial charge < -0.3 is 15.7 Å². The van der Waals surface area contributed by atoms with Gasteiger partial charge in [0.05, 0.1) is 6.42 Å². The van der Waals surface area contributed by atoms with Gasteiger partial charge >= 0.3 is 12.0 Å². The van der Waals surface area contributed by atoms with Crippen LogP contribution in [0.3, 0.4) is 0 Å². The van der Waals surface area contributed by atoms with E-state index in [9.17, 15) is 9.59 Å². The van der Waals surface area contributed by atoms with Gasteiger partial charge in [-0.05, 0) is 24.1 Å². The Bertz CT molecular complexity index is 434. The van der Waals surface area contributed by atoms with Crippen LogP contribution in [0, 0.1) is 0 Å². The summed E-state index contributed by atoms with van der Waals surface area (Å²) in [6.07, 6.45) is 0.514. The van der Waals surface area contributed by atoms with Crippen molar-refractivity contribution < 1.29 is 14.7 Å². The largest absolute Gasteiger partial charge is 0.481 e. The third kappa shape index (κ3) is 6.24. The normalized spacial score (nSPS) is 11.7. The van der Waals surface area contributed by atoms with E-state index in [-0.39, 0.29) is 18.5 Å². The molecule has 6 heteroatoms. The lowest BCUT2D eigenvalue weighted by Gasteiger charge is -2.15. The van der Waals surface area contributed by atoms with Crippen molar-refractivity contribution in [1.82, 2.24) is 10.6 Å². The van der Waals surface area contributed by atoms with Gasteiger partial charge in [-0.1, -0.05) is 35.0 Å². The fourth-order valence-corrected chi connectivity index (χ4v) is 1.79. The third-order valence-corrected chi connectivity index (χ3v) is 3.14. The summed E-state index contributed by atoms with van der Waals surface area (Å²) in [4.78, 5) is 22.2. The fourth-order valence-electron chi connectivity index (χ4n) is 1.53. The Morgan fingerprint density at radius 1 is 1.32 bits per heavy atom. The highest BCUT2D eigenvalue weighted by Gasteiger charge is 2.13. The molecule has 1 rings (SSSR count). The van der Waals surface area contributed by atoms with E-state index in [1.807, 2.05) is 31.2 Å². The molecule has 2 amide bonds. The first-order valence-electron chi connectivity index (χ1n) is 6.02. The number of benzene rings is 1. The van der Waals surface area contributed by atoms with Crippen LogP contribution in [0.5, 0.6) is 0 Å². The summed E-state index contributed by atoms with van der Waals surface area (Å²) in [5.41, 5.74) is 0.977. The number of amides is 2. The first-order chi connectivity index (χ1) is 9.01. The van der Waals surface area contributed by atoms with Gasteiger partial charge in [-0.15, -0.1) is 0 Å². The van der Waals surface area contributed by atoms with Gasteiger partial charge in [0.2, 0.25) is 0 Å². The van der Waals surface area contributed by atoms with Crippen LogP contribution in [0.2, 0.25) is 0 Å². The van der Waals surface area contributed by atoms with Gasteiger partial charge in [0, 0.05) is 17.1 Å². The number of carbonyl (C=O) groups is 2. The van der Waals surface area contributed by atoms with Crippen LogP contribution in [-0.4, -0.2) is 23.1 Å². The second-order valence-corrected chi connectivity index (χ2v) is 5.07. The summed E-state index contributed by atoms with van der Waals surface area (Å²) in [7, 11) is 0. The number of nitrogens with one attached hydrogen (secondary N) is 2. The minimum atomic E-state index is -0.917. The molecule has 0 aliphatic rings. The van der Waals surface area contributed by atoms with Crippen LogP contribution in [0.4, 0.5) is 4.79 Å². The van der Waals surface area contributed by atoms with Crippen molar-refractivity contribution in [2.75, 3.05) is 0 Å². The SMILES string of the molecule is CCC(CC(=O)O)NC(=O)NCc1ccc(Br)cc1. The second-order valence-electron chi connectivity index (χ2n) is 4.16. The highest BCUT2D eigenvalue weighted by Crippen LogP contribution is 2.10. The number of urea groups is 1. The van der Waals surface area contributed by atoms with Gasteiger partial charge in [0.15, 0.2) is 0 Å². The number of carbonyl (C=O) groups excluding carboxylic acids is 1. The molecule has 0 spiro atoms. The van der Waals surface area contributed by atoms with Gasteiger partial charge in [0.25, 0.3) is 0 Å². The van der Waals surface area contributed by atoms with Crippen LogP contribution < -0.4 is 10.6 Å². The number of hydrogen-bond acceptors (Lipinski definition) is 2. The van der Waals surface area contributed by atoms with E-state index in [0.717, 1.165) is 10.0 Å². The summed E-state index contributed by atoms with van der Waals surface area (Å²) < 4.78 is 0.980. The van der Waals surface area contributed by atoms with E-state index in [4.69, 9.17) is 5.11 Å². The average Bonchev–Trinajstić information content (AvgIpc) is 2.36. The lowest BCUT2D eigenvalue weighted by atomic mass is 10.1. The zero-order valence-corrected chi connectivity index (χ0v) is 12.2. The average molecular weight is 329 g/mol. The van der Waals surface area contributed by atoms with E-state index in [0.29, 0.717) is 13.0 Å². The van der Waals surface area contributed by atoms with Gasteiger partial charge in [-0.2, -0.15) is 0 Å². The van der Waals surface area contributed by atoms with Crippen molar-refractivity contribution in [2.45, 2.75) is 32.4 Å². The second kappa shape index (κ2) is 7.78. The molecule has 0 fully saturated rings. The van der Waals surface area contributed by atoms with E-state index in [1.165, 1.54) is 0 Å². The molecule has 19 heavy (non-hydrogen) atoms. The minimum Gasteiger partial charge on any atom is -0.481 e. The molecule has 1 atom stereocenters. The monoisotopic (exact) mass is 328 g/mol. The third-order valence-electron chi connectivity index (χ3n) is 2.62. The molecule has 0 bridgehead atoms. The fraction of sp³-hybridized carbons (Fsp3) is 0.385. The first kappa shape index (κ1) is 15.5. The Kier molecular flexibility index (Phi) is 6.35. The summed E-state index contributed by atoms with van der Waals surface area (Å²) in [6, 6.07) is 6.90. The Hall–Kier alpha value is -1.56. The van der Waals surface area contributed by atoms with Crippen molar-refractivity contribution in [2.24, 2.45) is 0 Å². The van der Waals surface area contributed by atoms with Crippen molar-refractivity contribution in [3.63, 3.8) is 0 Å². The summed E-state index contributed by atoms with van der Waals surface area (Å²) in [5, 5.41) is 14.0.